The van der Waals surface area contributed by atoms with Crippen LogP contribution >= 0.6 is 0 Å². The average Bonchev–Trinajstić information content (AvgIpc) is 3.10. The minimum Gasteiger partial charge on any atom is -0.480 e. The Balaban J connectivity index is 1.54. The van der Waals surface area contributed by atoms with Crippen LogP contribution in [0.15, 0.2) is 53.5 Å². The van der Waals surface area contributed by atoms with Crippen molar-refractivity contribution >= 4 is 18.0 Å². The summed E-state index contributed by atoms with van der Waals surface area (Å²) in [7, 11) is 3.39. The fourth-order valence-corrected chi connectivity index (χ4v) is 3.83. The first-order valence-corrected chi connectivity index (χ1v) is 10.3. The van der Waals surface area contributed by atoms with Crippen LogP contribution in [-0.2, 0) is 9.53 Å². The number of aliphatic carboxylic acids is 1. The molecule has 1 amide bonds. The number of hydrogen-bond donors (Lipinski definition) is 4. The van der Waals surface area contributed by atoms with Gasteiger partial charge in [0.25, 0.3) is 0 Å². The number of rotatable bonds is 8. The maximum Gasteiger partial charge on any atom is 0.407 e. The lowest BCUT2D eigenvalue weighted by atomic mass is 9.98. The Morgan fingerprint density at radius 3 is 2.26 bits per heavy atom. The third-order valence-electron chi connectivity index (χ3n) is 5.36. The number of fused-ring (bicyclic) bond motifs is 3. The Bertz CT molecular complexity index is 915. The molecule has 0 bridgehead atoms. The molecular formula is C23H28N4O4. The standard InChI is InChI=1S/C23H28N4O4/c1-24-22(25-2)26-13-7-12-20(21(28)29)27-23(30)31-14-19-17-10-5-3-8-15(17)16-9-4-6-11-18(16)19/h3-6,8-11,19-20H,7,12-14H2,1-2H3,(H,27,30)(H,28,29)(H2,24,25,26)/t20-/m0/s1. The molecule has 0 spiro atoms. The van der Waals surface area contributed by atoms with E-state index in [0.717, 1.165) is 22.3 Å². The van der Waals surface area contributed by atoms with Gasteiger partial charge in [0.15, 0.2) is 5.96 Å². The summed E-state index contributed by atoms with van der Waals surface area (Å²) < 4.78 is 5.44. The van der Waals surface area contributed by atoms with Crippen molar-refractivity contribution in [3.05, 3.63) is 59.7 Å². The predicted molar refractivity (Wildman–Crippen MR) is 119 cm³/mol. The second-order valence-electron chi connectivity index (χ2n) is 7.25. The van der Waals surface area contributed by atoms with Gasteiger partial charge in [-0.25, -0.2) is 9.59 Å². The molecule has 31 heavy (non-hydrogen) atoms. The number of aliphatic imine (C=N–C) groups is 1. The molecule has 1 aliphatic carbocycles. The van der Waals surface area contributed by atoms with Gasteiger partial charge in [0.2, 0.25) is 0 Å². The molecule has 3 rings (SSSR count). The lowest BCUT2D eigenvalue weighted by Crippen LogP contribution is -2.42. The van der Waals surface area contributed by atoms with Crippen molar-refractivity contribution in [2.24, 2.45) is 4.99 Å². The third-order valence-corrected chi connectivity index (χ3v) is 5.36. The van der Waals surface area contributed by atoms with Crippen LogP contribution in [0.5, 0.6) is 0 Å². The summed E-state index contributed by atoms with van der Waals surface area (Å²) >= 11 is 0. The molecule has 2 aromatic carbocycles. The molecule has 0 aromatic heterocycles. The minimum atomic E-state index is -1.09. The maximum atomic E-state index is 12.3. The Hall–Kier alpha value is -3.55. The number of carboxylic acid groups (broad SMARTS) is 1. The van der Waals surface area contributed by atoms with Crippen molar-refractivity contribution < 1.29 is 19.4 Å². The maximum absolute atomic E-state index is 12.3. The van der Waals surface area contributed by atoms with E-state index in [9.17, 15) is 14.7 Å². The van der Waals surface area contributed by atoms with E-state index in [1.165, 1.54) is 0 Å². The van der Waals surface area contributed by atoms with Gasteiger partial charge in [-0.2, -0.15) is 0 Å². The van der Waals surface area contributed by atoms with E-state index < -0.39 is 18.1 Å². The quantitative estimate of drug-likeness (QED) is 0.294. The molecule has 8 heteroatoms. The average molecular weight is 425 g/mol. The highest BCUT2D eigenvalue weighted by atomic mass is 16.5. The van der Waals surface area contributed by atoms with Gasteiger partial charge in [0.05, 0.1) is 0 Å². The molecular weight excluding hydrogens is 396 g/mol. The Morgan fingerprint density at radius 2 is 1.71 bits per heavy atom. The number of alkyl carbamates (subject to hydrolysis) is 1. The number of hydrogen-bond acceptors (Lipinski definition) is 4. The van der Waals surface area contributed by atoms with E-state index >= 15 is 0 Å². The molecule has 8 nitrogen and oxygen atoms in total. The van der Waals surface area contributed by atoms with Crippen LogP contribution in [0.4, 0.5) is 4.79 Å². The zero-order valence-electron chi connectivity index (χ0n) is 17.7. The highest BCUT2D eigenvalue weighted by Gasteiger charge is 2.29. The third kappa shape index (κ3) is 5.33. The largest absolute Gasteiger partial charge is 0.480 e. The molecule has 0 radical (unpaired) electrons. The first kappa shape index (κ1) is 22.1. The smallest absolute Gasteiger partial charge is 0.407 e. The highest BCUT2D eigenvalue weighted by Crippen LogP contribution is 2.44. The number of carboxylic acids is 1. The lowest BCUT2D eigenvalue weighted by Gasteiger charge is -2.17. The van der Waals surface area contributed by atoms with E-state index in [1.807, 2.05) is 36.4 Å². The van der Waals surface area contributed by atoms with Gasteiger partial charge in [-0.1, -0.05) is 48.5 Å². The van der Waals surface area contributed by atoms with Crippen molar-refractivity contribution in [1.82, 2.24) is 16.0 Å². The summed E-state index contributed by atoms with van der Waals surface area (Å²) in [5.74, 6) is -0.540. The summed E-state index contributed by atoms with van der Waals surface area (Å²) in [5, 5.41) is 17.8. The van der Waals surface area contributed by atoms with Crippen LogP contribution in [-0.4, -0.2) is 56.4 Å². The fraction of sp³-hybridized carbons (Fsp3) is 0.348. The van der Waals surface area contributed by atoms with Gasteiger partial charge in [-0.15, -0.1) is 0 Å². The van der Waals surface area contributed by atoms with E-state index in [4.69, 9.17) is 4.74 Å². The molecule has 2 aromatic rings. The second-order valence-corrected chi connectivity index (χ2v) is 7.25. The molecule has 0 unspecified atom stereocenters. The van der Waals surface area contributed by atoms with Crippen molar-refractivity contribution in [2.75, 3.05) is 27.2 Å². The molecule has 4 N–H and O–H groups in total. The normalized spacial score (nSPS) is 13.7. The van der Waals surface area contributed by atoms with Gasteiger partial charge in [0, 0.05) is 26.6 Å². The fourth-order valence-electron chi connectivity index (χ4n) is 3.83. The monoisotopic (exact) mass is 424 g/mol. The first-order valence-electron chi connectivity index (χ1n) is 10.3. The summed E-state index contributed by atoms with van der Waals surface area (Å²) in [6.45, 7) is 0.676. The molecule has 0 fully saturated rings. The van der Waals surface area contributed by atoms with Crippen molar-refractivity contribution in [2.45, 2.75) is 24.8 Å². The highest BCUT2D eigenvalue weighted by molar-refractivity contribution is 5.81. The molecule has 1 aliphatic rings. The predicted octanol–water partition coefficient (Wildman–Crippen LogP) is 2.55. The second kappa shape index (κ2) is 10.5. The molecule has 0 saturated heterocycles. The SMILES string of the molecule is CN=C(NC)NCCC[C@H](NC(=O)OCC1c2ccccc2-c2ccccc21)C(=O)O. The van der Waals surface area contributed by atoms with Gasteiger partial charge in [-0.3, -0.25) is 4.99 Å². The summed E-state index contributed by atoms with van der Waals surface area (Å²) in [5.41, 5.74) is 4.49. The molecule has 0 saturated carbocycles. The van der Waals surface area contributed by atoms with Crippen LogP contribution in [0, 0.1) is 0 Å². The molecule has 0 aliphatic heterocycles. The van der Waals surface area contributed by atoms with Crippen molar-refractivity contribution in [3.63, 3.8) is 0 Å². The van der Waals surface area contributed by atoms with Gasteiger partial charge < -0.3 is 25.8 Å². The first-order chi connectivity index (χ1) is 15.0. The number of carbonyl (C=O) groups is 2. The van der Waals surface area contributed by atoms with E-state index in [0.29, 0.717) is 18.9 Å². The Kier molecular flexibility index (Phi) is 7.48. The van der Waals surface area contributed by atoms with Crippen LogP contribution in [0.25, 0.3) is 11.1 Å². The van der Waals surface area contributed by atoms with Crippen LogP contribution in [0.3, 0.4) is 0 Å². The van der Waals surface area contributed by atoms with Crippen LogP contribution in [0.2, 0.25) is 0 Å². The van der Waals surface area contributed by atoms with E-state index in [-0.39, 0.29) is 18.9 Å². The minimum absolute atomic E-state index is 0.0704. The number of guanidine groups is 1. The number of nitrogens with one attached hydrogen (secondary N) is 3. The zero-order valence-corrected chi connectivity index (χ0v) is 17.7. The van der Waals surface area contributed by atoms with Crippen molar-refractivity contribution in [3.8, 4) is 11.1 Å². The number of benzene rings is 2. The molecule has 0 heterocycles. The van der Waals surface area contributed by atoms with Crippen LogP contribution < -0.4 is 16.0 Å². The van der Waals surface area contributed by atoms with E-state index in [2.05, 4.69) is 33.1 Å². The number of amides is 1. The topological polar surface area (TPSA) is 112 Å². The molecule has 1 atom stereocenters. The summed E-state index contributed by atoms with van der Waals surface area (Å²) in [6.07, 6.45) is 0.0856. The number of carbonyl (C=O) groups excluding carboxylic acids is 1. The number of ether oxygens (including phenoxy) is 1. The van der Waals surface area contributed by atoms with Crippen LogP contribution in [0.1, 0.15) is 29.9 Å². The number of nitrogens with zero attached hydrogens (tertiary/aromatic N) is 1. The van der Waals surface area contributed by atoms with Gasteiger partial charge in [-0.05, 0) is 35.1 Å². The Labute approximate surface area is 181 Å². The lowest BCUT2D eigenvalue weighted by molar-refractivity contribution is -0.139. The van der Waals surface area contributed by atoms with E-state index in [1.54, 1.807) is 14.1 Å². The zero-order chi connectivity index (χ0) is 22.2. The summed E-state index contributed by atoms with van der Waals surface area (Å²) in [6, 6.07) is 15.1. The summed E-state index contributed by atoms with van der Waals surface area (Å²) in [4.78, 5) is 27.9. The van der Waals surface area contributed by atoms with Gasteiger partial charge >= 0.3 is 12.1 Å². The molecule has 164 valence electrons. The van der Waals surface area contributed by atoms with Crippen molar-refractivity contribution in [1.29, 1.82) is 0 Å². The van der Waals surface area contributed by atoms with Gasteiger partial charge in [0.1, 0.15) is 12.6 Å². The Morgan fingerprint density at radius 1 is 1.10 bits per heavy atom.